The second kappa shape index (κ2) is 5.61. The van der Waals surface area contributed by atoms with Gasteiger partial charge in [0.1, 0.15) is 11.8 Å². The molecule has 0 bridgehead atoms. The lowest BCUT2D eigenvalue weighted by Gasteiger charge is -2.22. The number of hydrogen-bond donors (Lipinski definition) is 3. The number of carbonyl (C=O) groups is 1. The van der Waals surface area contributed by atoms with Crippen molar-refractivity contribution in [2.75, 3.05) is 0 Å². The number of carboxylic acids is 1. The summed E-state index contributed by atoms with van der Waals surface area (Å²) in [5.41, 5.74) is 1.99. The number of benzene rings is 1. The monoisotopic (exact) mass is 263 g/mol. The van der Waals surface area contributed by atoms with Gasteiger partial charge in [0.05, 0.1) is 0 Å². The third-order valence-electron chi connectivity index (χ3n) is 3.65. The van der Waals surface area contributed by atoms with E-state index in [0.717, 1.165) is 24.0 Å². The van der Waals surface area contributed by atoms with Gasteiger partial charge in [-0.3, -0.25) is 10.1 Å². The van der Waals surface area contributed by atoms with E-state index < -0.39 is 12.0 Å². The molecule has 0 aromatic heterocycles. The molecule has 104 valence electrons. The van der Waals surface area contributed by atoms with Gasteiger partial charge in [-0.25, -0.2) is 0 Å². The molecule has 1 aliphatic carbocycles. The summed E-state index contributed by atoms with van der Waals surface area (Å²) in [6.45, 7) is 4.04. The van der Waals surface area contributed by atoms with Crippen LogP contribution in [0.5, 0.6) is 5.75 Å². The fourth-order valence-electron chi connectivity index (χ4n) is 2.76. The van der Waals surface area contributed by atoms with Gasteiger partial charge in [0.2, 0.25) is 0 Å². The molecule has 4 heteroatoms. The van der Waals surface area contributed by atoms with Crippen LogP contribution in [0.15, 0.2) is 18.2 Å². The summed E-state index contributed by atoms with van der Waals surface area (Å²) in [5, 5.41) is 22.3. The minimum atomic E-state index is -0.803. The van der Waals surface area contributed by atoms with Crippen LogP contribution < -0.4 is 5.32 Å². The Morgan fingerprint density at radius 3 is 2.84 bits per heavy atom. The molecular formula is C15H21NO3. The summed E-state index contributed by atoms with van der Waals surface area (Å²) in [6, 6.07) is 4.96. The number of phenolic OH excluding ortho intramolecular Hbond substituents is 1. The maximum Gasteiger partial charge on any atom is 0.320 e. The average molecular weight is 263 g/mol. The van der Waals surface area contributed by atoms with Crippen molar-refractivity contribution < 1.29 is 15.0 Å². The van der Waals surface area contributed by atoms with Crippen LogP contribution in [0, 0.1) is 5.92 Å². The fourth-order valence-corrected chi connectivity index (χ4v) is 2.76. The van der Waals surface area contributed by atoms with E-state index in [-0.39, 0.29) is 6.04 Å². The van der Waals surface area contributed by atoms with Crippen molar-refractivity contribution in [1.82, 2.24) is 5.32 Å². The van der Waals surface area contributed by atoms with Crippen molar-refractivity contribution in [3.63, 3.8) is 0 Å². The predicted octanol–water partition coefficient (Wildman–Crippen LogP) is 2.47. The zero-order valence-electron chi connectivity index (χ0n) is 11.4. The number of carboxylic acid groups (broad SMARTS) is 1. The molecule has 0 saturated carbocycles. The maximum atomic E-state index is 11.3. The van der Waals surface area contributed by atoms with Crippen LogP contribution >= 0.6 is 0 Å². The third-order valence-corrected chi connectivity index (χ3v) is 3.65. The predicted molar refractivity (Wildman–Crippen MR) is 73.2 cm³/mol. The van der Waals surface area contributed by atoms with Crippen molar-refractivity contribution in [3.8, 4) is 5.75 Å². The number of fused-ring (bicyclic) bond motifs is 1. The van der Waals surface area contributed by atoms with Crippen molar-refractivity contribution in [2.45, 2.75) is 45.2 Å². The Morgan fingerprint density at radius 2 is 2.21 bits per heavy atom. The zero-order valence-corrected chi connectivity index (χ0v) is 11.4. The first-order valence-corrected chi connectivity index (χ1v) is 6.78. The molecule has 0 heterocycles. The molecule has 0 saturated heterocycles. The van der Waals surface area contributed by atoms with Gasteiger partial charge in [-0.2, -0.15) is 0 Å². The molecule has 0 radical (unpaired) electrons. The van der Waals surface area contributed by atoms with Crippen LogP contribution in [0.25, 0.3) is 0 Å². The minimum Gasteiger partial charge on any atom is -0.508 e. The summed E-state index contributed by atoms with van der Waals surface area (Å²) in [7, 11) is 0. The van der Waals surface area contributed by atoms with E-state index in [1.807, 2.05) is 26.0 Å². The standard InChI is InChI=1S/C15H21NO3/c1-9(2)8-13(15(18)19)16-12-7-6-11-10(12)4-3-5-14(11)17/h3-5,9,12-13,16-17H,6-8H2,1-2H3,(H,18,19). The Bertz CT molecular complexity index is 470. The molecular weight excluding hydrogens is 242 g/mol. The summed E-state index contributed by atoms with van der Waals surface area (Å²) in [5.74, 6) is -0.154. The van der Waals surface area contributed by atoms with Gasteiger partial charge in [0, 0.05) is 6.04 Å². The molecule has 2 unspecified atom stereocenters. The molecule has 2 rings (SSSR count). The smallest absolute Gasteiger partial charge is 0.320 e. The summed E-state index contributed by atoms with van der Waals surface area (Å²) in [6.07, 6.45) is 2.25. The fraction of sp³-hybridized carbons (Fsp3) is 0.533. The van der Waals surface area contributed by atoms with Crippen molar-refractivity contribution in [2.24, 2.45) is 5.92 Å². The third kappa shape index (κ3) is 3.07. The quantitative estimate of drug-likeness (QED) is 0.763. The molecule has 0 fully saturated rings. The van der Waals surface area contributed by atoms with Gasteiger partial charge >= 0.3 is 5.97 Å². The highest BCUT2D eigenvalue weighted by Gasteiger charge is 2.29. The second-order valence-corrected chi connectivity index (χ2v) is 5.62. The summed E-state index contributed by atoms with van der Waals surface area (Å²) < 4.78 is 0. The van der Waals surface area contributed by atoms with E-state index in [1.165, 1.54) is 0 Å². The first-order chi connectivity index (χ1) is 8.99. The van der Waals surface area contributed by atoms with Crippen LogP contribution in [0.2, 0.25) is 0 Å². The van der Waals surface area contributed by atoms with Crippen LogP contribution in [-0.2, 0) is 11.2 Å². The van der Waals surface area contributed by atoms with Crippen molar-refractivity contribution in [3.05, 3.63) is 29.3 Å². The van der Waals surface area contributed by atoms with Gasteiger partial charge < -0.3 is 10.2 Å². The van der Waals surface area contributed by atoms with E-state index in [2.05, 4.69) is 5.32 Å². The largest absolute Gasteiger partial charge is 0.508 e. The lowest BCUT2D eigenvalue weighted by Crippen LogP contribution is -2.39. The lowest BCUT2D eigenvalue weighted by atomic mass is 10.0. The number of hydrogen-bond acceptors (Lipinski definition) is 3. The van der Waals surface area contributed by atoms with Gasteiger partial charge in [0.25, 0.3) is 0 Å². The number of aromatic hydroxyl groups is 1. The van der Waals surface area contributed by atoms with E-state index in [1.54, 1.807) is 6.07 Å². The highest BCUT2D eigenvalue weighted by molar-refractivity contribution is 5.73. The molecule has 0 spiro atoms. The van der Waals surface area contributed by atoms with Crippen LogP contribution in [-0.4, -0.2) is 22.2 Å². The van der Waals surface area contributed by atoms with Crippen LogP contribution in [0.4, 0.5) is 0 Å². The molecule has 19 heavy (non-hydrogen) atoms. The van der Waals surface area contributed by atoms with Gasteiger partial charge in [-0.05, 0) is 42.4 Å². The van der Waals surface area contributed by atoms with Gasteiger partial charge in [-0.1, -0.05) is 26.0 Å². The molecule has 1 aromatic rings. The Kier molecular flexibility index (Phi) is 4.10. The Morgan fingerprint density at radius 1 is 1.47 bits per heavy atom. The van der Waals surface area contributed by atoms with E-state index in [4.69, 9.17) is 0 Å². The number of phenols is 1. The second-order valence-electron chi connectivity index (χ2n) is 5.62. The van der Waals surface area contributed by atoms with Crippen LogP contribution in [0.1, 0.15) is 43.9 Å². The number of aliphatic carboxylic acids is 1. The van der Waals surface area contributed by atoms with Gasteiger partial charge in [0.15, 0.2) is 0 Å². The normalized spacial score (nSPS) is 19.4. The lowest BCUT2D eigenvalue weighted by molar-refractivity contribution is -0.140. The number of rotatable bonds is 5. The molecule has 2 atom stereocenters. The van der Waals surface area contributed by atoms with Crippen molar-refractivity contribution >= 4 is 5.97 Å². The van der Waals surface area contributed by atoms with Gasteiger partial charge in [-0.15, -0.1) is 0 Å². The summed E-state index contributed by atoms with van der Waals surface area (Å²) in [4.78, 5) is 11.3. The Balaban J connectivity index is 2.13. The molecule has 1 aromatic carbocycles. The Labute approximate surface area is 113 Å². The molecule has 4 nitrogen and oxygen atoms in total. The first kappa shape index (κ1) is 13.9. The SMILES string of the molecule is CC(C)CC(NC1CCc2c(O)cccc21)C(=O)O. The molecule has 0 aliphatic heterocycles. The highest BCUT2D eigenvalue weighted by atomic mass is 16.4. The molecule has 0 amide bonds. The zero-order chi connectivity index (χ0) is 14.0. The van der Waals surface area contributed by atoms with Crippen molar-refractivity contribution in [1.29, 1.82) is 0 Å². The van der Waals surface area contributed by atoms with Crippen LogP contribution in [0.3, 0.4) is 0 Å². The highest BCUT2D eigenvalue weighted by Crippen LogP contribution is 2.36. The average Bonchev–Trinajstić information content (AvgIpc) is 2.72. The topological polar surface area (TPSA) is 69.6 Å². The van der Waals surface area contributed by atoms with E-state index >= 15 is 0 Å². The number of nitrogens with one attached hydrogen (secondary N) is 1. The minimum absolute atomic E-state index is 0.0296. The summed E-state index contributed by atoms with van der Waals surface area (Å²) >= 11 is 0. The Hall–Kier alpha value is -1.55. The van der Waals surface area contributed by atoms with E-state index in [0.29, 0.717) is 18.1 Å². The molecule has 1 aliphatic rings. The first-order valence-electron chi connectivity index (χ1n) is 6.78. The molecule has 3 N–H and O–H groups in total. The maximum absolute atomic E-state index is 11.3. The van der Waals surface area contributed by atoms with E-state index in [9.17, 15) is 15.0 Å².